The molecule has 3 heterocycles. The van der Waals surface area contributed by atoms with Crippen molar-refractivity contribution < 1.29 is 22.6 Å². The van der Waals surface area contributed by atoms with Crippen molar-refractivity contribution in [1.29, 1.82) is 0 Å². The Morgan fingerprint density at radius 1 is 1.06 bits per heavy atom. The molecule has 4 aromatic rings. The molecule has 0 aliphatic carbocycles. The van der Waals surface area contributed by atoms with Crippen LogP contribution >= 0.6 is 11.6 Å². The van der Waals surface area contributed by atoms with E-state index in [1.807, 2.05) is 0 Å². The highest BCUT2D eigenvalue weighted by Crippen LogP contribution is 2.41. The monoisotopic (exact) mass is 449 g/mol. The van der Waals surface area contributed by atoms with E-state index in [-0.39, 0.29) is 39.4 Å². The van der Waals surface area contributed by atoms with Crippen LogP contribution in [0.3, 0.4) is 0 Å². The Morgan fingerprint density at radius 3 is 2.55 bits per heavy atom. The summed E-state index contributed by atoms with van der Waals surface area (Å²) in [6.07, 6.45) is -3.43. The molecule has 0 spiro atoms. The molecule has 160 valence electrons. The van der Waals surface area contributed by atoms with Gasteiger partial charge in [-0.3, -0.25) is 4.57 Å². The van der Waals surface area contributed by atoms with Gasteiger partial charge in [-0.15, -0.1) is 0 Å². The molecule has 0 radical (unpaired) electrons. The first-order chi connectivity index (χ1) is 14.8. The second kappa shape index (κ2) is 8.03. The Hall–Kier alpha value is -3.40. The van der Waals surface area contributed by atoms with Gasteiger partial charge in [0.15, 0.2) is 17.1 Å². The normalized spacial score (nSPS) is 11.7. The molecule has 31 heavy (non-hydrogen) atoms. The van der Waals surface area contributed by atoms with Gasteiger partial charge in [0.2, 0.25) is 5.88 Å². The summed E-state index contributed by atoms with van der Waals surface area (Å²) >= 11 is 5.94. The van der Waals surface area contributed by atoms with Crippen molar-refractivity contribution in [2.45, 2.75) is 13.1 Å². The molecule has 0 saturated heterocycles. The number of nitrogens with zero attached hydrogens (tertiary/aromatic N) is 5. The summed E-state index contributed by atoms with van der Waals surface area (Å²) in [4.78, 5) is 17.0. The number of hydrogen-bond donors (Lipinski definition) is 0. The highest BCUT2D eigenvalue weighted by molar-refractivity contribution is 6.29. The Balaban J connectivity index is 2.10. The second-order valence-corrected chi connectivity index (χ2v) is 6.65. The largest absolute Gasteiger partial charge is 0.495 e. The molecule has 0 bridgehead atoms. The Kier molecular flexibility index (Phi) is 5.40. The molecule has 4 rings (SSSR count). The van der Waals surface area contributed by atoms with Crippen LogP contribution < -0.4 is 9.47 Å². The maximum absolute atomic E-state index is 13.9. The number of alkyl halides is 3. The predicted octanol–water partition coefficient (Wildman–Crippen LogP) is 4.96. The zero-order valence-corrected chi connectivity index (χ0v) is 17.1. The lowest BCUT2D eigenvalue weighted by Gasteiger charge is -2.18. The van der Waals surface area contributed by atoms with Crippen LogP contribution in [-0.4, -0.2) is 38.2 Å². The van der Waals surface area contributed by atoms with Gasteiger partial charge in [0.25, 0.3) is 0 Å². The molecule has 1 aromatic carbocycles. The van der Waals surface area contributed by atoms with Gasteiger partial charge in [0.05, 0.1) is 25.5 Å². The van der Waals surface area contributed by atoms with Crippen molar-refractivity contribution in [3.8, 4) is 28.8 Å². The van der Waals surface area contributed by atoms with Crippen LogP contribution in [-0.2, 0) is 6.18 Å². The topological polar surface area (TPSA) is 75.0 Å². The minimum atomic E-state index is -4.67. The number of halogens is 4. The van der Waals surface area contributed by atoms with E-state index in [1.165, 1.54) is 30.0 Å². The standard InChI is InChI=1S/C20H15ClF3N5O2/c1-3-31-15-9-5-7-12(26-15)18-28-17-19(25-10-14(21)27-17)29(18)16-11(20(22,23)24)6-4-8-13(16)30-2/h4-10H,3H2,1-2H3. The number of para-hydroxylation sites is 1. The molecule has 0 aliphatic heterocycles. The third-order valence-corrected chi connectivity index (χ3v) is 4.52. The minimum Gasteiger partial charge on any atom is -0.495 e. The summed E-state index contributed by atoms with van der Waals surface area (Å²) in [7, 11) is 1.29. The van der Waals surface area contributed by atoms with Crippen LogP contribution in [0.1, 0.15) is 12.5 Å². The molecule has 3 aromatic heterocycles. The van der Waals surface area contributed by atoms with Gasteiger partial charge in [-0.05, 0) is 25.1 Å². The van der Waals surface area contributed by atoms with Crippen molar-refractivity contribution in [3.63, 3.8) is 0 Å². The lowest BCUT2D eigenvalue weighted by molar-refractivity contribution is -0.137. The number of rotatable bonds is 5. The van der Waals surface area contributed by atoms with E-state index in [2.05, 4.69) is 19.9 Å². The second-order valence-electron chi connectivity index (χ2n) is 6.26. The maximum atomic E-state index is 13.9. The molecule has 0 fully saturated rings. The molecule has 7 nitrogen and oxygen atoms in total. The number of fused-ring (bicyclic) bond motifs is 1. The van der Waals surface area contributed by atoms with Crippen LogP contribution in [0.15, 0.2) is 42.6 Å². The third kappa shape index (κ3) is 3.86. The average molecular weight is 450 g/mol. The fourth-order valence-electron chi connectivity index (χ4n) is 3.13. The number of imidazole rings is 1. The summed E-state index contributed by atoms with van der Waals surface area (Å²) in [5, 5.41) is 0.0517. The van der Waals surface area contributed by atoms with Crippen molar-refractivity contribution in [2.24, 2.45) is 0 Å². The van der Waals surface area contributed by atoms with Crippen molar-refractivity contribution in [3.05, 3.63) is 53.3 Å². The SMILES string of the molecule is CCOc1cccc(-c2nc3nc(Cl)cnc3n2-c2c(OC)cccc2C(F)(F)F)n1. The van der Waals surface area contributed by atoms with E-state index < -0.39 is 11.7 Å². The van der Waals surface area contributed by atoms with Crippen molar-refractivity contribution >= 4 is 22.9 Å². The summed E-state index contributed by atoms with van der Waals surface area (Å²) in [5.74, 6) is 0.357. The maximum Gasteiger partial charge on any atom is 0.418 e. The number of hydrogen-bond acceptors (Lipinski definition) is 6. The highest BCUT2D eigenvalue weighted by atomic mass is 35.5. The van der Waals surface area contributed by atoms with Crippen LogP contribution in [0.5, 0.6) is 11.6 Å². The lowest BCUT2D eigenvalue weighted by Crippen LogP contribution is -2.13. The van der Waals surface area contributed by atoms with E-state index in [4.69, 9.17) is 21.1 Å². The highest BCUT2D eigenvalue weighted by Gasteiger charge is 2.37. The van der Waals surface area contributed by atoms with Crippen LogP contribution in [0.25, 0.3) is 28.5 Å². The lowest BCUT2D eigenvalue weighted by atomic mass is 10.1. The number of pyridine rings is 1. The molecule has 0 amide bonds. The number of benzene rings is 1. The molecule has 11 heteroatoms. The van der Waals surface area contributed by atoms with Gasteiger partial charge in [-0.25, -0.2) is 19.9 Å². The van der Waals surface area contributed by atoms with Crippen molar-refractivity contribution in [2.75, 3.05) is 13.7 Å². The quantitative estimate of drug-likeness (QED) is 0.429. The van der Waals surface area contributed by atoms with Crippen molar-refractivity contribution in [1.82, 2.24) is 24.5 Å². The number of aromatic nitrogens is 5. The molecule has 0 atom stereocenters. The number of methoxy groups -OCH3 is 1. The van der Waals surface area contributed by atoms with E-state index in [9.17, 15) is 13.2 Å². The molecular weight excluding hydrogens is 435 g/mol. The predicted molar refractivity (Wildman–Crippen MR) is 108 cm³/mol. The molecule has 0 saturated carbocycles. The molecule has 0 unspecified atom stereocenters. The van der Waals surface area contributed by atoms with E-state index in [0.29, 0.717) is 12.5 Å². The van der Waals surface area contributed by atoms with Crippen LogP contribution in [0.4, 0.5) is 13.2 Å². The Morgan fingerprint density at radius 2 is 1.84 bits per heavy atom. The Bertz CT molecular complexity index is 1260. The molecule has 0 N–H and O–H groups in total. The van der Waals surface area contributed by atoms with Gasteiger partial charge < -0.3 is 9.47 Å². The average Bonchev–Trinajstić information content (AvgIpc) is 3.11. The zero-order chi connectivity index (χ0) is 22.2. The summed E-state index contributed by atoms with van der Waals surface area (Å²) in [5.41, 5.74) is -0.815. The fourth-order valence-corrected chi connectivity index (χ4v) is 3.26. The minimum absolute atomic E-state index is 0.0203. The summed E-state index contributed by atoms with van der Waals surface area (Å²) in [6, 6.07) is 8.55. The fraction of sp³-hybridized carbons (Fsp3) is 0.200. The van der Waals surface area contributed by atoms with Gasteiger partial charge in [0.1, 0.15) is 22.3 Å². The van der Waals surface area contributed by atoms with Gasteiger partial charge in [-0.1, -0.05) is 23.7 Å². The third-order valence-electron chi connectivity index (χ3n) is 4.33. The first-order valence-corrected chi connectivity index (χ1v) is 9.47. The van der Waals surface area contributed by atoms with E-state index in [0.717, 1.165) is 6.07 Å². The summed E-state index contributed by atoms with van der Waals surface area (Å²) in [6.45, 7) is 2.17. The van der Waals surface area contributed by atoms with Gasteiger partial charge in [-0.2, -0.15) is 13.2 Å². The van der Waals surface area contributed by atoms with E-state index in [1.54, 1.807) is 25.1 Å². The van der Waals surface area contributed by atoms with E-state index >= 15 is 0 Å². The molecular formula is C20H15ClF3N5O2. The van der Waals surface area contributed by atoms with Crippen LogP contribution in [0, 0.1) is 0 Å². The van der Waals surface area contributed by atoms with Crippen LogP contribution in [0.2, 0.25) is 5.15 Å². The molecule has 0 aliphatic rings. The first kappa shape index (κ1) is 20.9. The van der Waals surface area contributed by atoms with Gasteiger partial charge in [0, 0.05) is 6.07 Å². The first-order valence-electron chi connectivity index (χ1n) is 9.09. The Labute approximate surface area is 179 Å². The van der Waals surface area contributed by atoms with Gasteiger partial charge >= 0.3 is 6.18 Å². The summed E-state index contributed by atoms with van der Waals surface area (Å²) < 4.78 is 53.7. The smallest absolute Gasteiger partial charge is 0.418 e. The zero-order valence-electron chi connectivity index (χ0n) is 16.3. The number of ether oxygens (including phenoxy) is 2.